The summed E-state index contributed by atoms with van der Waals surface area (Å²) >= 11 is 1.20. The van der Waals surface area contributed by atoms with Gasteiger partial charge in [-0.2, -0.15) is 0 Å². The zero-order chi connectivity index (χ0) is 12.1. The Labute approximate surface area is 96.5 Å². The van der Waals surface area contributed by atoms with Gasteiger partial charge in [0.1, 0.15) is 10.8 Å². The Hall–Kier alpha value is -1.14. The molecule has 1 unspecified atom stereocenters. The van der Waals surface area contributed by atoms with Gasteiger partial charge in [0, 0.05) is 12.4 Å². The Morgan fingerprint density at radius 2 is 2.38 bits per heavy atom. The first-order valence-corrected chi connectivity index (χ1v) is 5.65. The Morgan fingerprint density at radius 3 is 2.94 bits per heavy atom. The monoisotopic (exact) mass is 245 g/mol. The fourth-order valence-corrected chi connectivity index (χ4v) is 1.95. The summed E-state index contributed by atoms with van der Waals surface area (Å²) in [4.78, 5) is 14.6. The summed E-state index contributed by atoms with van der Waals surface area (Å²) in [5.41, 5.74) is -0.143. The SMILES string of the molecule is CC(CO)CSc1ncc(F)cc1C(=O)O. The van der Waals surface area contributed by atoms with E-state index in [1.54, 1.807) is 0 Å². The summed E-state index contributed by atoms with van der Waals surface area (Å²) in [7, 11) is 0. The van der Waals surface area contributed by atoms with E-state index < -0.39 is 11.8 Å². The van der Waals surface area contributed by atoms with Crippen molar-refractivity contribution in [3.63, 3.8) is 0 Å². The van der Waals surface area contributed by atoms with E-state index >= 15 is 0 Å². The highest BCUT2D eigenvalue weighted by Crippen LogP contribution is 2.23. The molecule has 1 heterocycles. The second-order valence-corrected chi connectivity index (χ2v) is 4.42. The number of hydrogen-bond acceptors (Lipinski definition) is 4. The van der Waals surface area contributed by atoms with Crippen LogP contribution in [0.5, 0.6) is 0 Å². The number of rotatable bonds is 5. The Balaban J connectivity index is 2.82. The minimum absolute atomic E-state index is 0.0244. The van der Waals surface area contributed by atoms with Gasteiger partial charge in [0.15, 0.2) is 0 Å². The van der Waals surface area contributed by atoms with Crippen molar-refractivity contribution >= 4 is 17.7 Å². The van der Waals surface area contributed by atoms with Crippen LogP contribution in [-0.4, -0.2) is 33.5 Å². The van der Waals surface area contributed by atoms with Crippen LogP contribution < -0.4 is 0 Å². The molecule has 1 atom stereocenters. The lowest BCUT2D eigenvalue weighted by Crippen LogP contribution is -2.06. The maximum Gasteiger partial charge on any atom is 0.338 e. The molecule has 16 heavy (non-hydrogen) atoms. The number of carbonyl (C=O) groups is 1. The fourth-order valence-electron chi connectivity index (χ4n) is 0.969. The molecule has 88 valence electrons. The average Bonchev–Trinajstić information content (AvgIpc) is 2.26. The van der Waals surface area contributed by atoms with Crippen molar-refractivity contribution in [2.45, 2.75) is 11.9 Å². The van der Waals surface area contributed by atoms with E-state index in [0.717, 1.165) is 12.3 Å². The van der Waals surface area contributed by atoms with Crippen LogP contribution in [0.4, 0.5) is 4.39 Å². The van der Waals surface area contributed by atoms with Crippen LogP contribution in [0.25, 0.3) is 0 Å². The molecule has 0 aliphatic rings. The normalized spacial score (nSPS) is 12.4. The third kappa shape index (κ3) is 3.46. The second kappa shape index (κ2) is 5.81. The highest BCUT2D eigenvalue weighted by Gasteiger charge is 2.14. The Kier molecular flexibility index (Phi) is 4.70. The van der Waals surface area contributed by atoms with Crippen molar-refractivity contribution in [2.24, 2.45) is 5.92 Å². The zero-order valence-electron chi connectivity index (χ0n) is 8.68. The number of halogens is 1. The molecule has 0 aliphatic heterocycles. The van der Waals surface area contributed by atoms with E-state index in [0.29, 0.717) is 5.75 Å². The summed E-state index contributed by atoms with van der Waals surface area (Å²) in [6.45, 7) is 1.85. The first-order chi connectivity index (χ1) is 7.54. The van der Waals surface area contributed by atoms with Crippen LogP contribution >= 0.6 is 11.8 Å². The molecule has 0 radical (unpaired) electrons. The van der Waals surface area contributed by atoms with Crippen LogP contribution in [0.15, 0.2) is 17.3 Å². The highest BCUT2D eigenvalue weighted by atomic mass is 32.2. The number of carboxylic acid groups (broad SMARTS) is 1. The fraction of sp³-hybridized carbons (Fsp3) is 0.400. The molecule has 0 aliphatic carbocycles. The van der Waals surface area contributed by atoms with Gasteiger partial charge in [-0.1, -0.05) is 6.92 Å². The predicted octanol–water partition coefficient (Wildman–Crippen LogP) is 1.64. The number of carboxylic acids is 1. The molecule has 0 saturated carbocycles. The second-order valence-electron chi connectivity index (χ2n) is 3.41. The van der Waals surface area contributed by atoms with Crippen molar-refractivity contribution in [1.29, 1.82) is 0 Å². The quantitative estimate of drug-likeness (QED) is 0.772. The van der Waals surface area contributed by atoms with Crippen LogP contribution in [0.2, 0.25) is 0 Å². The average molecular weight is 245 g/mol. The molecule has 1 rings (SSSR count). The number of aromatic carboxylic acids is 1. The van der Waals surface area contributed by atoms with Crippen molar-refractivity contribution in [1.82, 2.24) is 4.98 Å². The minimum atomic E-state index is -1.20. The lowest BCUT2D eigenvalue weighted by molar-refractivity contribution is 0.0691. The number of aliphatic hydroxyl groups excluding tert-OH is 1. The summed E-state index contributed by atoms with van der Waals surface area (Å²) in [6.07, 6.45) is 0.985. The summed E-state index contributed by atoms with van der Waals surface area (Å²) in [6, 6.07) is 0.946. The standard InChI is InChI=1S/C10H12FNO3S/c1-6(4-13)5-16-9-8(10(14)15)2-7(11)3-12-9/h2-3,6,13H,4-5H2,1H3,(H,14,15). The third-order valence-electron chi connectivity index (χ3n) is 1.86. The van der Waals surface area contributed by atoms with E-state index in [2.05, 4.69) is 4.98 Å². The minimum Gasteiger partial charge on any atom is -0.478 e. The number of hydrogen-bond donors (Lipinski definition) is 2. The van der Waals surface area contributed by atoms with Gasteiger partial charge in [0.05, 0.1) is 11.8 Å². The van der Waals surface area contributed by atoms with Gasteiger partial charge in [0.25, 0.3) is 0 Å². The van der Waals surface area contributed by atoms with Crippen LogP contribution in [0.1, 0.15) is 17.3 Å². The molecule has 0 saturated heterocycles. The maximum absolute atomic E-state index is 12.8. The first kappa shape index (κ1) is 12.9. The largest absolute Gasteiger partial charge is 0.478 e. The predicted molar refractivity (Wildman–Crippen MR) is 58.1 cm³/mol. The van der Waals surface area contributed by atoms with Gasteiger partial charge in [-0.3, -0.25) is 0 Å². The van der Waals surface area contributed by atoms with Crippen LogP contribution in [-0.2, 0) is 0 Å². The van der Waals surface area contributed by atoms with Crippen molar-refractivity contribution in [2.75, 3.05) is 12.4 Å². The first-order valence-electron chi connectivity index (χ1n) is 4.67. The van der Waals surface area contributed by atoms with Gasteiger partial charge in [-0.15, -0.1) is 11.8 Å². The van der Waals surface area contributed by atoms with Crippen molar-refractivity contribution in [3.8, 4) is 0 Å². The van der Waals surface area contributed by atoms with E-state index in [9.17, 15) is 9.18 Å². The van der Waals surface area contributed by atoms with Crippen LogP contribution in [0.3, 0.4) is 0 Å². The molecule has 4 nitrogen and oxygen atoms in total. The van der Waals surface area contributed by atoms with Crippen molar-refractivity contribution in [3.05, 3.63) is 23.6 Å². The number of thioether (sulfide) groups is 1. The number of aliphatic hydroxyl groups is 1. The lowest BCUT2D eigenvalue weighted by atomic mass is 10.2. The Bertz CT molecular complexity index is 386. The summed E-state index contributed by atoms with van der Waals surface area (Å²) in [5, 5.41) is 17.9. The molecular weight excluding hydrogens is 233 g/mol. The molecule has 0 bridgehead atoms. The Morgan fingerprint density at radius 1 is 1.69 bits per heavy atom. The van der Waals surface area contributed by atoms with E-state index in [4.69, 9.17) is 10.2 Å². The molecule has 2 N–H and O–H groups in total. The van der Waals surface area contributed by atoms with Gasteiger partial charge in [-0.05, 0) is 12.0 Å². The lowest BCUT2D eigenvalue weighted by Gasteiger charge is -2.08. The topological polar surface area (TPSA) is 70.4 Å². The molecule has 0 fully saturated rings. The molecule has 1 aromatic heterocycles. The number of aromatic nitrogens is 1. The number of nitrogens with zero attached hydrogens (tertiary/aromatic N) is 1. The van der Waals surface area contributed by atoms with E-state index in [1.165, 1.54) is 11.8 Å². The number of pyridine rings is 1. The smallest absolute Gasteiger partial charge is 0.338 e. The van der Waals surface area contributed by atoms with Gasteiger partial charge in [-0.25, -0.2) is 14.2 Å². The van der Waals surface area contributed by atoms with Crippen LogP contribution in [0, 0.1) is 11.7 Å². The molecule has 6 heteroatoms. The van der Waals surface area contributed by atoms with E-state index in [1.807, 2.05) is 6.92 Å². The highest BCUT2D eigenvalue weighted by molar-refractivity contribution is 7.99. The maximum atomic E-state index is 12.8. The van der Waals surface area contributed by atoms with Gasteiger partial charge in [0.2, 0.25) is 0 Å². The molecule has 0 spiro atoms. The van der Waals surface area contributed by atoms with Gasteiger partial charge < -0.3 is 10.2 Å². The summed E-state index contributed by atoms with van der Waals surface area (Å²) in [5.74, 6) is -1.29. The molecule has 0 amide bonds. The van der Waals surface area contributed by atoms with Gasteiger partial charge >= 0.3 is 5.97 Å². The van der Waals surface area contributed by atoms with E-state index in [-0.39, 0.29) is 23.1 Å². The van der Waals surface area contributed by atoms with Crippen molar-refractivity contribution < 1.29 is 19.4 Å². The molecule has 0 aromatic carbocycles. The molecular formula is C10H12FNO3S. The zero-order valence-corrected chi connectivity index (χ0v) is 9.50. The summed E-state index contributed by atoms with van der Waals surface area (Å²) < 4.78 is 12.8. The molecule has 1 aromatic rings. The third-order valence-corrected chi connectivity index (χ3v) is 3.20.